The van der Waals surface area contributed by atoms with Crippen LogP contribution in [0, 0.1) is 0 Å². The fraction of sp³-hybridized carbons (Fsp3) is 0. The van der Waals surface area contributed by atoms with Gasteiger partial charge in [0.05, 0.1) is 0 Å². The third-order valence-corrected chi connectivity index (χ3v) is 0. The van der Waals surface area contributed by atoms with Crippen molar-refractivity contribution in [2.24, 2.45) is 0 Å². The monoisotopic (exact) mass is 188 g/mol. The van der Waals surface area contributed by atoms with Crippen LogP contribution in [-0.2, 0) is 32.0 Å². The minimum Gasteiger partial charge on any atom is -2.00 e. The molecular weight excluding hydrogens is 184 g/mol. The fourth-order valence-electron chi connectivity index (χ4n) is 0. The van der Waals surface area contributed by atoms with Crippen molar-refractivity contribution in [3.8, 4) is 0 Å². The molecule has 0 bridgehead atoms. The molecule has 6 heteroatoms. The van der Waals surface area contributed by atoms with Crippen LogP contribution in [0.2, 0.25) is 0 Å². The Bertz CT molecular complexity index is 7.51. The van der Waals surface area contributed by atoms with E-state index in [1.807, 2.05) is 0 Å². The molecule has 0 radical (unpaired) electrons. The summed E-state index contributed by atoms with van der Waals surface area (Å²) in [5.41, 5.74) is 0. The Morgan fingerprint density at radius 1 is 0.667 bits per heavy atom. The molecule has 0 aromatic rings. The number of hydrogen-bond acceptors (Lipinski definition) is 2. The van der Waals surface area contributed by atoms with Crippen molar-refractivity contribution in [1.29, 1.82) is 0 Å². The average Bonchev–Trinajstić information content (AvgIpc) is 0. The van der Waals surface area contributed by atoms with Gasteiger partial charge in [0, 0.05) is 0 Å². The SMILES string of the molecule is [Mg+2].[Mo+4].[O-2].[O-2].[OH-].[OH-]. The normalized spacial score (nSPS) is 0. The van der Waals surface area contributed by atoms with Gasteiger partial charge in [-0.15, -0.1) is 0 Å². The molecule has 34 valence electrons. The first kappa shape index (κ1) is 172. The minimum atomic E-state index is 0. The second-order valence-electron chi connectivity index (χ2n) is 0. The van der Waals surface area contributed by atoms with Gasteiger partial charge in [0.1, 0.15) is 0 Å². The average molecular weight is 186 g/mol. The molecule has 2 N–H and O–H groups in total. The molecule has 0 unspecified atom stereocenters. The van der Waals surface area contributed by atoms with Gasteiger partial charge in [-0.25, -0.2) is 0 Å². The van der Waals surface area contributed by atoms with Gasteiger partial charge in [0.15, 0.2) is 0 Å². The molecule has 0 aliphatic carbocycles. The topological polar surface area (TPSA) is 117 Å². The molecule has 0 aromatic carbocycles. The summed E-state index contributed by atoms with van der Waals surface area (Å²) in [5, 5.41) is 0. The van der Waals surface area contributed by atoms with Crippen LogP contribution >= 0.6 is 0 Å². The van der Waals surface area contributed by atoms with E-state index in [2.05, 4.69) is 0 Å². The molecule has 6 heavy (non-hydrogen) atoms. The van der Waals surface area contributed by atoms with Gasteiger partial charge in [-0.05, 0) is 0 Å². The van der Waals surface area contributed by atoms with E-state index in [9.17, 15) is 0 Å². The van der Waals surface area contributed by atoms with Gasteiger partial charge >= 0.3 is 44.1 Å². The Morgan fingerprint density at radius 2 is 0.667 bits per heavy atom. The second kappa shape index (κ2) is 105. The minimum absolute atomic E-state index is 0. The smallest absolute Gasteiger partial charge is 2.00 e. The zero-order valence-corrected chi connectivity index (χ0v) is 6.25. The maximum atomic E-state index is 0. The van der Waals surface area contributed by atoms with Crippen molar-refractivity contribution in [3.05, 3.63) is 0 Å². The quantitative estimate of drug-likeness (QED) is 0.452. The van der Waals surface area contributed by atoms with Crippen LogP contribution in [0.15, 0.2) is 0 Å². The molecule has 0 spiro atoms. The molecule has 0 aliphatic rings. The number of hydrogen-bond donors (Lipinski definition) is 0. The van der Waals surface area contributed by atoms with E-state index < -0.39 is 0 Å². The fourth-order valence-corrected chi connectivity index (χ4v) is 0. The van der Waals surface area contributed by atoms with Crippen LogP contribution in [-0.4, -0.2) is 34.0 Å². The molecule has 0 saturated carbocycles. The van der Waals surface area contributed by atoms with Crippen LogP contribution < -0.4 is 0 Å². The zero-order chi connectivity index (χ0) is 0. The Hall–Kier alpha value is 1.29. The van der Waals surface area contributed by atoms with E-state index in [1.165, 1.54) is 0 Å². The van der Waals surface area contributed by atoms with Crippen molar-refractivity contribution >= 4 is 23.1 Å². The van der Waals surface area contributed by atoms with Crippen LogP contribution in [0.4, 0.5) is 0 Å². The van der Waals surface area contributed by atoms with Crippen molar-refractivity contribution in [2.75, 3.05) is 0 Å². The maximum absolute atomic E-state index is 0. The summed E-state index contributed by atoms with van der Waals surface area (Å²) in [6.07, 6.45) is 0. The summed E-state index contributed by atoms with van der Waals surface area (Å²) in [5.74, 6) is 0. The summed E-state index contributed by atoms with van der Waals surface area (Å²) in [4.78, 5) is 0. The Morgan fingerprint density at radius 3 is 0.667 bits per heavy atom. The van der Waals surface area contributed by atoms with Gasteiger partial charge in [0.25, 0.3) is 0 Å². The van der Waals surface area contributed by atoms with E-state index >= 15 is 0 Å². The van der Waals surface area contributed by atoms with E-state index in [-0.39, 0.29) is 66.0 Å². The van der Waals surface area contributed by atoms with Crippen LogP contribution in [0.1, 0.15) is 0 Å². The number of rotatable bonds is 0. The summed E-state index contributed by atoms with van der Waals surface area (Å²) in [6, 6.07) is 0. The molecule has 0 amide bonds. The van der Waals surface area contributed by atoms with E-state index in [0.717, 1.165) is 0 Å². The van der Waals surface area contributed by atoms with Crippen LogP contribution in [0.25, 0.3) is 0 Å². The van der Waals surface area contributed by atoms with E-state index in [0.29, 0.717) is 0 Å². The summed E-state index contributed by atoms with van der Waals surface area (Å²) < 4.78 is 0. The van der Waals surface area contributed by atoms with Crippen molar-refractivity contribution in [3.63, 3.8) is 0 Å². The van der Waals surface area contributed by atoms with Crippen molar-refractivity contribution in [1.82, 2.24) is 0 Å². The zero-order valence-electron chi connectivity index (χ0n) is 2.83. The maximum Gasteiger partial charge on any atom is 4.00 e. The van der Waals surface area contributed by atoms with Gasteiger partial charge < -0.3 is 21.9 Å². The molecule has 4 nitrogen and oxygen atoms in total. The molecule has 0 aliphatic heterocycles. The molecule has 0 saturated heterocycles. The van der Waals surface area contributed by atoms with Gasteiger partial charge in [-0.2, -0.15) is 0 Å². The predicted molar refractivity (Wildman–Crippen MR) is 11.0 cm³/mol. The third kappa shape index (κ3) is 58.3. The molecule has 0 atom stereocenters. The predicted octanol–water partition coefficient (Wildman–Crippen LogP) is -0.974. The summed E-state index contributed by atoms with van der Waals surface area (Å²) in [7, 11) is 0. The van der Waals surface area contributed by atoms with Gasteiger partial charge in [-0.1, -0.05) is 0 Å². The Labute approximate surface area is 65.9 Å². The van der Waals surface area contributed by atoms with E-state index in [4.69, 9.17) is 0 Å². The van der Waals surface area contributed by atoms with Crippen molar-refractivity contribution < 1.29 is 43.0 Å². The molecule has 0 fully saturated rings. The summed E-state index contributed by atoms with van der Waals surface area (Å²) >= 11 is 0. The molecular formula is H2MgMoO4. The standard InChI is InChI=1S/Mg.Mo.2H2O.2O/h;;2*1H2;;/q+2;+4;;;2*-2/p-2. The second-order valence-corrected chi connectivity index (χ2v) is 0. The third-order valence-electron chi connectivity index (χ3n) is 0. The van der Waals surface area contributed by atoms with Gasteiger partial charge in [0.2, 0.25) is 0 Å². The molecule has 0 aromatic heterocycles. The molecule has 0 heterocycles. The first-order valence-corrected chi connectivity index (χ1v) is 0. The van der Waals surface area contributed by atoms with Gasteiger partial charge in [-0.3, -0.25) is 0 Å². The first-order valence-electron chi connectivity index (χ1n) is 0. The first-order chi connectivity index (χ1) is 0. The Kier molecular flexibility index (Phi) is 3030. The summed E-state index contributed by atoms with van der Waals surface area (Å²) in [6.45, 7) is 0. The van der Waals surface area contributed by atoms with Crippen molar-refractivity contribution in [2.45, 2.75) is 0 Å². The Balaban J connectivity index is 0. The van der Waals surface area contributed by atoms with E-state index in [1.54, 1.807) is 0 Å². The van der Waals surface area contributed by atoms with Crippen LogP contribution in [0.5, 0.6) is 0 Å². The largest absolute Gasteiger partial charge is 4.00 e. The molecule has 0 rings (SSSR count). The van der Waals surface area contributed by atoms with Crippen LogP contribution in [0.3, 0.4) is 0 Å².